The van der Waals surface area contributed by atoms with Crippen LogP contribution in [0.5, 0.6) is 0 Å². The number of benzene rings is 1. The van der Waals surface area contributed by atoms with Gasteiger partial charge >= 0.3 is 0 Å². The highest BCUT2D eigenvalue weighted by Crippen LogP contribution is 2.26. The molecule has 1 aliphatic rings. The average molecular weight is 277 g/mol. The monoisotopic (exact) mass is 277 g/mol. The first-order valence-electron chi connectivity index (χ1n) is 6.98. The molecule has 1 aromatic rings. The Balaban J connectivity index is 2.26. The first-order valence-corrected chi connectivity index (χ1v) is 7.39. The molecule has 0 amide bonds. The van der Waals surface area contributed by atoms with Gasteiger partial charge in [0.15, 0.2) is 5.11 Å². The number of hydrazine groups is 1. The van der Waals surface area contributed by atoms with Gasteiger partial charge in [0.1, 0.15) is 5.66 Å². The molecule has 1 saturated heterocycles. The van der Waals surface area contributed by atoms with Crippen LogP contribution in [0.1, 0.15) is 44.2 Å². The van der Waals surface area contributed by atoms with Crippen LogP contribution in [0.25, 0.3) is 0 Å². The van der Waals surface area contributed by atoms with E-state index in [2.05, 4.69) is 56.6 Å². The topological polar surface area (TPSA) is 27.3 Å². The van der Waals surface area contributed by atoms with E-state index in [1.165, 1.54) is 11.1 Å². The number of nitrogens with one attached hydrogen (secondary N) is 2. The van der Waals surface area contributed by atoms with Crippen LogP contribution >= 0.6 is 12.2 Å². The largest absolute Gasteiger partial charge is 0.342 e. The number of hydrogen-bond acceptors (Lipinski definition) is 2. The van der Waals surface area contributed by atoms with Gasteiger partial charge in [0, 0.05) is 0 Å². The van der Waals surface area contributed by atoms with Gasteiger partial charge in [-0.2, -0.15) is 0 Å². The van der Waals surface area contributed by atoms with Crippen LogP contribution < -0.4 is 15.8 Å². The van der Waals surface area contributed by atoms with E-state index in [4.69, 9.17) is 12.2 Å². The normalized spacial score (nSPS) is 22.7. The predicted molar refractivity (Wildman–Crippen MR) is 85.2 cm³/mol. The summed E-state index contributed by atoms with van der Waals surface area (Å²) in [6, 6.07) is 6.43. The molecular weight excluding hydrogens is 254 g/mol. The molecule has 4 heteroatoms. The molecule has 104 valence electrons. The minimum absolute atomic E-state index is 0.0926. The Morgan fingerprint density at radius 2 is 1.95 bits per heavy atom. The van der Waals surface area contributed by atoms with Gasteiger partial charge in [-0.1, -0.05) is 26.3 Å². The second kappa shape index (κ2) is 5.47. The van der Waals surface area contributed by atoms with Crippen molar-refractivity contribution in [2.45, 2.75) is 52.6 Å². The van der Waals surface area contributed by atoms with E-state index in [9.17, 15) is 0 Å². The number of hydrogen-bond donors (Lipinski definition) is 2. The molecule has 0 saturated carbocycles. The van der Waals surface area contributed by atoms with Crippen LogP contribution in [0, 0.1) is 13.8 Å². The summed E-state index contributed by atoms with van der Waals surface area (Å²) in [6.07, 6.45) is 3.19. The fourth-order valence-electron chi connectivity index (χ4n) is 2.49. The number of thiocarbonyl (C=S) groups is 1. The zero-order valence-electron chi connectivity index (χ0n) is 12.2. The van der Waals surface area contributed by atoms with Crippen LogP contribution in [0.3, 0.4) is 0 Å². The number of nitrogens with zero attached hydrogens (tertiary/aromatic N) is 1. The van der Waals surface area contributed by atoms with Crippen molar-refractivity contribution in [1.29, 1.82) is 0 Å². The SMILES string of the molecule is CCCC1(CC)NC(=S)N(c2ccc(C)c(C)c2)N1. The summed E-state index contributed by atoms with van der Waals surface area (Å²) in [6.45, 7) is 8.63. The molecule has 19 heavy (non-hydrogen) atoms. The zero-order valence-corrected chi connectivity index (χ0v) is 13.0. The minimum Gasteiger partial charge on any atom is -0.342 e. The van der Waals surface area contributed by atoms with Gasteiger partial charge in [-0.25, -0.2) is 5.43 Å². The number of rotatable bonds is 4. The van der Waals surface area contributed by atoms with Crippen LogP contribution in [-0.2, 0) is 0 Å². The molecule has 1 unspecified atom stereocenters. The van der Waals surface area contributed by atoms with Gasteiger partial charge in [0.05, 0.1) is 5.69 Å². The molecule has 0 bridgehead atoms. The highest BCUT2D eigenvalue weighted by molar-refractivity contribution is 7.80. The molecule has 1 heterocycles. The maximum atomic E-state index is 5.48. The summed E-state index contributed by atoms with van der Waals surface area (Å²) in [7, 11) is 0. The Morgan fingerprint density at radius 1 is 1.21 bits per heavy atom. The third-order valence-corrected chi connectivity index (χ3v) is 4.19. The van der Waals surface area contributed by atoms with E-state index in [1.807, 2.05) is 5.01 Å². The summed E-state index contributed by atoms with van der Waals surface area (Å²) >= 11 is 5.48. The van der Waals surface area contributed by atoms with Gasteiger partial charge in [0.2, 0.25) is 0 Å². The lowest BCUT2D eigenvalue weighted by Gasteiger charge is -2.28. The Labute approximate surface area is 121 Å². The van der Waals surface area contributed by atoms with Crippen molar-refractivity contribution in [3.8, 4) is 0 Å². The molecule has 0 aliphatic carbocycles. The number of aryl methyl sites for hydroxylation is 2. The van der Waals surface area contributed by atoms with E-state index in [0.29, 0.717) is 0 Å². The highest BCUT2D eigenvalue weighted by Gasteiger charge is 2.38. The van der Waals surface area contributed by atoms with Crippen molar-refractivity contribution in [1.82, 2.24) is 10.7 Å². The lowest BCUT2D eigenvalue weighted by Crippen LogP contribution is -2.50. The van der Waals surface area contributed by atoms with Crippen molar-refractivity contribution >= 4 is 23.0 Å². The summed E-state index contributed by atoms with van der Waals surface area (Å²) in [5.41, 5.74) is 7.15. The van der Waals surface area contributed by atoms with Crippen molar-refractivity contribution in [3.05, 3.63) is 29.3 Å². The second-order valence-corrected chi connectivity index (χ2v) is 5.72. The van der Waals surface area contributed by atoms with E-state index in [0.717, 1.165) is 30.1 Å². The Kier molecular flexibility index (Phi) is 4.11. The average Bonchev–Trinajstić information content (AvgIpc) is 2.71. The molecule has 2 N–H and O–H groups in total. The highest BCUT2D eigenvalue weighted by atomic mass is 32.1. The fraction of sp³-hybridized carbons (Fsp3) is 0.533. The molecule has 1 aliphatic heterocycles. The first-order chi connectivity index (χ1) is 9.01. The Bertz CT molecular complexity index is 486. The van der Waals surface area contributed by atoms with E-state index in [-0.39, 0.29) is 5.66 Å². The Morgan fingerprint density at radius 3 is 2.53 bits per heavy atom. The van der Waals surface area contributed by atoms with Crippen molar-refractivity contribution in [2.75, 3.05) is 5.01 Å². The van der Waals surface area contributed by atoms with E-state index < -0.39 is 0 Å². The van der Waals surface area contributed by atoms with Gasteiger partial charge in [-0.05, 0) is 62.2 Å². The van der Waals surface area contributed by atoms with Crippen molar-refractivity contribution in [2.24, 2.45) is 0 Å². The minimum atomic E-state index is -0.0926. The third-order valence-electron chi connectivity index (χ3n) is 3.90. The molecule has 0 radical (unpaired) electrons. The molecule has 1 atom stereocenters. The summed E-state index contributed by atoms with van der Waals surface area (Å²) in [4.78, 5) is 0. The van der Waals surface area contributed by atoms with Gasteiger partial charge < -0.3 is 5.32 Å². The van der Waals surface area contributed by atoms with Crippen LogP contribution in [-0.4, -0.2) is 10.8 Å². The van der Waals surface area contributed by atoms with Gasteiger partial charge in [0.25, 0.3) is 0 Å². The predicted octanol–water partition coefficient (Wildman–Crippen LogP) is 3.41. The molecule has 1 fully saturated rings. The van der Waals surface area contributed by atoms with Crippen LogP contribution in [0.15, 0.2) is 18.2 Å². The van der Waals surface area contributed by atoms with Gasteiger partial charge in [-0.15, -0.1) is 0 Å². The van der Waals surface area contributed by atoms with E-state index in [1.54, 1.807) is 0 Å². The molecule has 0 aromatic heterocycles. The molecule has 0 spiro atoms. The standard InChI is InChI=1S/C15H23N3S/c1-5-9-15(6-2)16-14(19)18(17-15)13-8-7-11(3)12(4)10-13/h7-8,10,17H,5-6,9H2,1-4H3,(H,16,19). The summed E-state index contributed by atoms with van der Waals surface area (Å²) in [5, 5.41) is 6.21. The molecule has 2 rings (SSSR count). The zero-order chi connectivity index (χ0) is 14.0. The smallest absolute Gasteiger partial charge is 0.189 e. The molecule has 1 aromatic carbocycles. The number of anilines is 1. The first kappa shape index (κ1) is 14.3. The van der Waals surface area contributed by atoms with Crippen molar-refractivity contribution < 1.29 is 0 Å². The van der Waals surface area contributed by atoms with Gasteiger partial charge in [-0.3, -0.25) is 5.01 Å². The summed E-state index contributed by atoms with van der Waals surface area (Å²) < 4.78 is 0. The second-order valence-electron chi connectivity index (χ2n) is 5.33. The Hall–Kier alpha value is -1.13. The van der Waals surface area contributed by atoms with Crippen LogP contribution in [0.2, 0.25) is 0 Å². The fourth-order valence-corrected chi connectivity index (χ4v) is 2.84. The maximum Gasteiger partial charge on any atom is 0.189 e. The van der Waals surface area contributed by atoms with E-state index >= 15 is 0 Å². The summed E-state index contributed by atoms with van der Waals surface area (Å²) in [5.74, 6) is 0. The lowest BCUT2D eigenvalue weighted by molar-refractivity contribution is 0.300. The van der Waals surface area contributed by atoms with Crippen LogP contribution in [0.4, 0.5) is 5.69 Å². The quantitative estimate of drug-likeness (QED) is 0.825. The lowest BCUT2D eigenvalue weighted by atomic mass is 10.0. The third kappa shape index (κ3) is 2.74. The molecular formula is C15H23N3S. The van der Waals surface area contributed by atoms with Crippen molar-refractivity contribution in [3.63, 3.8) is 0 Å². The maximum absolute atomic E-state index is 5.48. The molecule has 3 nitrogen and oxygen atoms in total.